The molecule has 0 spiro atoms. The Morgan fingerprint density at radius 2 is 1.91 bits per heavy atom. The lowest BCUT2D eigenvalue weighted by molar-refractivity contribution is 0.104. The van der Waals surface area contributed by atoms with Gasteiger partial charge in [0.25, 0.3) is 0 Å². The molecule has 0 saturated carbocycles. The first kappa shape index (κ1) is 15.7. The lowest BCUT2D eigenvalue weighted by Crippen LogP contribution is -2.03. The van der Waals surface area contributed by atoms with Crippen molar-refractivity contribution in [2.24, 2.45) is 0 Å². The van der Waals surface area contributed by atoms with Crippen molar-refractivity contribution in [1.82, 2.24) is 0 Å². The van der Waals surface area contributed by atoms with Gasteiger partial charge >= 0.3 is 0 Å². The van der Waals surface area contributed by atoms with Gasteiger partial charge in [0, 0.05) is 5.69 Å². The standard InChI is InChI=1S/C16H10BrN3OS2/c17-12-7-6-11(22-12)14(21)13-10(8-18)15(19)23-16(13)20-9-4-2-1-3-5-9/h1-7,20H,19H2. The predicted molar refractivity (Wildman–Crippen MR) is 98.6 cm³/mol. The molecule has 0 amide bonds. The summed E-state index contributed by atoms with van der Waals surface area (Å²) in [4.78, 5) is 13.4. The maximum atomic E-state index is 12.8. The van der Waals surface area contributed by atoms with Crippen molar-refractivity contribution in [3.8, 4) is 6.07 Å². The summed E-state index contributed by atoms with van der Waals surface area (Å²) in [5.41, 5.74) is 7.31. The first-order chi connectivity index (χ1) is 11.1. The van der Waals surface area contributed by atoms with E-state index in [0.717, 1.165) is 9.47 Å². The van der Waals surface area contributed by atoms with Gasteiger partial charge in [0.05, 0.1) is 19.8 Å². The maximum Gasteiger partial charge on any atom is 0.207 e. The lowest BCUT2D eigenvalue weighted by atomic mass is 10.1. The van der Waals surface area contributed by atoms with Crippen LogP contribution >= 0.6 is 38.6 Å². The summed E-state index contributed by atoms with van der Waals surface area (Å²) in [6.07, 6.45) is 0. The van der Waals surface area contributed by atoms with Gasteiger partial charge < -0.3 is 11.1 Å². The minimum absolute atomic E-state index is 0.205. The Balaban J connectivity index is 2.07. The first-order valence-corrected chi connectivity index (χ1v) is 8.97. The highest BCUT2D eigenvalue weighted by Crippen LogP contribution is 2.39. The molecule has 1 aromatic carbocycles. The highest BCUT2D eigenvalue weighted by atomic mass is 79.9. The van der Waals surface area contributed by atoms with Gasteiger partial charge in [0.2, 0.25) is 5.78 Å². The van der Waals surface area contributed by atoms with E-state index in [1.54, 1.807) is 6.07 Å². The number of nitrogen functional groups attached to an aromatic ring is 1. The normalized spacial score (nSPS) is 10.3. The fourth-order valence-electron chi connectivity index (χ4n) is 2.08. The average molecular weight is 404 g/mol. The minimum Gasteiger partial charge on any atom is -0.389 e. The van der Waals surface area contributed by atoms with E-state index in [0.29, 0.717) is 20.4 Å². The number of carbonyl (C=O) groups is 1. The summed E-state index contributed by atoms with van der Waals surface area (Å²) in [6.45, 7) is 0. The van der Waals surface area contributed by atoms with Crippen molar-refractivity contribution in [3.63, 3.8) is 0 Å². The van der Waals surface area contributed by atoms with E-state index >= 15 is 0 Å². The molecule has 3 aromatic rings. The van der Waals surface area contributed by atoms with Crippen LogP contribution in [0.25, 0.3) is 0 Å². The van der Waals surface area contributed by atoms with E-state index in [1.165, 1.54) is 22.7 Å². The molecule has 0 aliphatic carbocycles. The Hall–Kier alpha value is -2.14. The second-order valence-electron chi connectivity index (χ2n) is 4.58. The fraction of sp³-hybridized carbons (Fsp3) is 0. The molecule has 0 atom stereocenters. The Bertz CT molecular complexity index is 909. The number of halogens is 1. The second kappa shape index (κ2) is 6.54. The molecular formula is C16H10BrN3OS2. The maximum absolute atomic E-state index is 12.8. The number of benzene rings is 1. The molecule has 0 bridgehead atoms. The molecule has 114 valence electrons. The number of thiophene rings is 2. The molecule has 0 aliphatic heterocycles. The zero-order valence-electron chi connectivity index (χ0n) is 11.7. The number of nitrogens with two attached hydrogens (primary N) is 1. The number of nitriles is 1. The van der Waals surface area contributed by atoms with E-state index in [9.17, 15) is 10.1 Å². The molecule has 0 unspecified atom stereocenters. The molecular weight excluding hydrogens is 394 g/mol. The number of hydrogen-bond donors (Lipinski definition) is 2. The zero-order valence-corrected chi connectivity index (χ0v) is 14.9. The number of para-hydroxylation sites is 1. The van der Waals surface area contributed by atoms with E-state index in [4.69, 9.17) is 5.73 Å². The van der Waals surface area contributed by atoms with E-state index < -0.39 is 0 Å². The molecule has 0 radical (unpaired) electrons. The predicted octanol–water partition coefficient (Wildman–Crippen LogP) is 5.00. The summed E-state index contributed by atoms with van der Waals surface area (Å²) in [6, 6.07) is 15.1. The van der Waals surface area contributed by atoms with Crippen molar-refractivity contribution in [3.05, 3.63) is 62.3 Å². The molecule has 23 heavy (non-hydrogen) atoms. The van der Waals surface area contributed by atoms with Crippen LogP contribution in [0.5, 0.6) is 0 Å². The van der Waals surface area contributed by atoms with Gasteiger partial charge in [-0.3, -0.25) is 4.79 Å². The van der Waals surface area contributed by atoms with E-state index in [1.807, 2.05) is 42.5 Å². The molecule has 2 aromatic heterocycles. The number of hydrogen-bond acceptors (Lipinski definition) is 6. The van der Waals surface area contributed by atoms with Gasteiger partial charge in [-0.25, -0.2) is 0 Å². The Kier molecular flexibility index (Phi) is 4.48. The van der Waals surface area contributed by atoms with Gasteiger partial charge in [-0.15, -0.1) is 11.3 Å². The van der Waals surface area contributed by atoms with Crippen molar-refractivity contribution in [2.45, 2.75) is 0 Å². The lowest BCUT2D eigenvalue weighted by Gasteiger charge is -2.06. The molecule has 0 aliphatic rings. The summed E-state index contributed by atoms with van der Waals surface area (Å²) in [7, 11) is 0. The van der Waals surface area contributed by atoms with Gasteiger partial charge in [0.1, 0.15) is 16.1 Å². The third-order valence-electron chi connectivity index (χ3n) is 3.10. The van der Waals surface area contributed by atoms with Crippen LogP contribution in [-0.2, 0) is 0 Å². The monoisotopic (exact) mass is 403 g/mol. The van der Waals surface area contributed by atoms with Crippen LogP contribution in [-0.4, -0.2) is 5.78 Å². The van der Waals surface area contributed by atoms with Gasteiger partial charge in [-0.05, 0) is 40.2 Å². The average Bonchev–Trinajstić information content (AvgIpc) is 3.11. The molecule has 3 N–H and O–H groups in total. The van der Waals surface area contributed by atoms with Crippen LogP contribution in [0.2, 0.25) is 0 Å². The molecule has 3 rings (SSSR count). The SMILES string of the molecule is N#Cc1c(N)sc(Nc2ccccc2)c1C(=O)c1ccc(Br)s1. The number of carbonyl (C=O) groups excluding carboxylic acids is 1. The van der Waals surface area contributed by atoms with Crippen molar-refractivity contribution >= 4 is 60.1 Å². The van der Waals surface area contributed by atoms with Crippen LogP contribution in [0.15, 0.2) is 46.3 Å². The Morgan fingerprint density at radius 3 is 2.52 bits per heavy atom. The zero-order chi connectivity index (χ0) is 16.4. The molecule has 0 saturated heterocycles. The highest BCUT2D eigenvalue weighted by Gasteiger charge is 2.25. The largest absolute Gasteiger partial charge is 0.389 e. The molecule has 2 heterocycles. The third kappa shape index (κ3) is 3.15. The van der Waals surface area contributed by atoms with E-state index in [-0.39, 0.29) is 11.3 Å². The van der Waals surface area contributed by atoms with Gasteiger partial charge in [-0.2, -0.15) is 5.26 Å². The fourth-order valence-corrected chi connectivity index (χ4v) is 4.34. The first-order valence-electron chi connectivity index (χ1n) is 6.54. The molecule has 4 nitrogen and oxygen atoms in total. The van der Waals surface area contributed by atoms with E-state index in [2.05, 4.69) is 21.2 Å². The van der Waals surface area contributed by atoms with Crippen molar-refractivity contribution < 1.29 is 4.79 Å². The van der Waals surface area contributed by atoms with Crippen molar-refractivity contribution in [2.75, 3.05) is 11.1 Å². The summed E-state index contributed by atoms with van der Waals surface area (Å²) < 4.78 is 0.861. The summed E-state index contributed by atoms with van der Waals surface area (Å²) in [5.74, 6) is -0.205. The van der Waals surface area contributed by atoms with Crippen LogP contribution in [0.1, 0.15) is 20.8 Å². The van der Waals surface area contributed by atoms with Crippen LogP contribution in [0, 0.1) is 11.3 Å². The van der Waals surface area contributed by atoms with Gasteiger partial charge in [-0.1, -0.05) is 29.5 Å². The van der Waals surface area contributed by atoms with Crippen LogP contribution < -0.4 is 11.1 Å². The molecule has 0 fully saturated rings. The topological polar surface area (TPSA) is 78.9 Å². The number of anilines is 3. The van der Waals surface area contributed by atoms with Crippen LogP contribution in [0.4, 0.5) is 15.7 Å². The second-order valence-corrected chi connectivity index (χ2v) is 8.10. The number of nitrogens with zero attached hydrogens (tertiary/aromatic N) is 1. The third-order valence-corrected chi connectivity index (χ3v) is 5.66. The number of ketones is 1. The van der Waals surface area contributed by atoms with Gasteiger partial charge in [0.15, 0.2) is 0 Å². The number of rotatable bonds is 4. The Labute approximate surface area is 149 Å². The quantitative estimate of drug-likeness (QED) is 0.600. The number of nitrogens with one attached hydrogen (secondary N) is 1. The smallest absolute Gasteiger partial charge is 0.207 e. The summed E-state index contributed by atoms with van der Waals surface area (Å²) >= 11 is 5.88. The van der Waals surface area contributed by atoms with Crippen molar-refractivity contribution in [1.29, 1.82) is 5.26 Å². The highest BCUT2D eigenvalue weighted by molar-refractivity contribution is 9.11. The van der Waals surface area contributed by atoms with Crippen LogP contribution in [0.3, 0.4) is 0 Å². The minimum atomic E-state index is -0.205. The summed E-state index contributed by atoms with van der Waals surface area (Å²) in [5, 5.41) is 13.5. The molecule has 7 heteroatoms. The Morgan fingerprint density at radius 1 is 1.17 bits per heavy atom.